The second-order valence-corrected chi connectivity index (χ2v) is 13.4. The van der Waals surface area contributed by atoms with Crippen LogP contribution in [-0.4, -0.2) is 54.4 Å². The van der Waals surface area contributed by atoms with Crippen LogP contribution in [0.4, 0.5) is 4.79 Å². The highest BCUT2D eigenvalue weighted by molar-refractivity contribution is 8.18. The molecule has 0 aromatic heterocycles. The van der Waals surface area contributed by atoms with E-state index in [1.807, 2.05) is 32.0 Å². The lowest BCUT2D eigenvalue weighted by Crippen LogP contribution is -2.60. The van der Waals surface area contributed by atoms with Gasteiger partial charge in [0.2, 0.25) is 0 Å². The number of carbonyl (C=O) groups is 3. The summed E-state index contributed by atoms with van der Waals surface area (Å²) in [5.41, 5.74) is 2.71. The standard InChI is InChI=1S/C33H38N2O6S/c1-20-4-5-21(2)27(10-20)40-9-8-35-31(37)29(42-32(35)38)15-22-6-7-26(28(14-22)39-3)41-19-30(36)34-33-16-23-11-24(17-33)13-25(12-23)18-33/h4-7,10,14-15,23-25H,8-9,11-13,16-19H2,1-3H3,(H,34,36)/b29-15-. The van der Waals surface area contributed by atoms with E-state index in [4.69, 9.17) is 14.2 Å². The summed E-state index contributed by atoms with van der Waals surface area (Å²) in [5, 5.41) is 3.01. The Balaban J connectivity index is 1.04. The van der Waals surface area contributed by atoms with Crippen LogP contribution in [0.15, 0.2) is 41.3 Å². The Morgan fingerprint density at radius 3 is 2.38 bits per heavy atom. The molecule has 2 aromatic rings. The lowest BCUT2D eigenvalue weighted by Gasteiger charge is -2.56. The second-order valence-electron chi connectivity index (χ2n) is 12.4. The minimum Gasteiger partial charge on any atom is -0.493 e. The fourth-order valence-corrected chi connectivity index (χ4v) is 8.45. The maximum absolute atomic E-state index is 13.0. The van der Waals surface area contributed by atoms with E-state index >= 15 is 0 Å². The molecule has 1 aliphatic heterocycles. The van der Waals surface area contributed by atoms with E-state index in [1.165, 1.54) is 31.3 Å². The van der Waals surface area contributed by atoms with Crippen molar-refractivity contribution >= 4 is 34.9 Å². The molecule has 1 N–H and O–H groups in total. The molecule has 8 nitrogen and oxygen atoms in total. The van der Waals surface area contributed by atoms with E-state index in [0.717, 1.165) is 65.7 Å². The minimum atomic E-state index is -0.352. The summed E-state index contributed by atoms with van der Waals surface area (Å²) in [5.74, 6) is 3.46. The first-order valence-corrected chi connectivity index (χ1v) is 15.6. The van der Waals surface area contributed by atoms with Gasteiger partial charge in [0.1, 0.15) is 12.4 Å². The molecule has 2 aromatic carbocycles. The zero-order chi connectivity index (χ0) is 29.4. The molecule has 0 radical (unpaired) electrons. The number of hydrogen-bond acceptors (Lipinski definition) is 7. The third-order valence-corrected chi connectivity index (χ3v) is 9.98. The number of methoxy groups -OCH3 is 1. The van der Waals surface area contributed by atoms with Crippen molar-refractivity contribution in [3.05, 3.63) is 58.0 Å². The highest BCUT2D eigenvalue weighted by Gasteiger charge is 2.51. The third-order valence-electron chi connectivity index (χ3n) is 9.08. The number of carbonyl (C=O) groups excluding carboxylic acids is 3. The van der Waals surface area contributed by atoms with Crippen molar-refractivity contribution in [1.29, 1.82) is 0 Å². The Kier molecular flexibility index (Phi) is 7.96. The largest absolute Gasteiger partial charge is 0.493 e. The average Bonchev–Trinajstić information content (AvgIpc) is 3.20. The highest BCUT2D eigenvalue weighted by Crippen LogP contribution is 2.55. The van der Waals surface area contributed by atoms with Crippen LogP contribution in [0.3, 0.4) is 0 Å². The van der Waals surface area contributed by atoms with E-state index in [9.17, 15) is 14.4 Å². The number of imide groups is 1. The third kappa shape index (κ3) is 6.02. The molecule has 5 fully saturated rings. The SMILES string of the molecule is COc1cc(/C=C2\SC(=O)N(CCOc3cc(C)ccc3C)C2=O)ccc1OCC(=O)NC12CC3CC(CC(C3)C1)C2. The van der Waals surface area contributed by atoms with Crippen molar-refractivity contribution < 1.29 is 28.6 Å². The first-order valence-electron chi connectivity index (χ1n) is 14.8. The van der Waals surface area contributed by atoms with Crippen LogP contribution in [0.5, 0.6) is 17.2 Å². The minimum absolute atomic E-state index is 0.0578. The molecule has 42 heavy (non-hydrogen) atoms. The lowest BCUT2D eigenvalue weighted by atomic mass is 9.53. The summed E-state index contributed by atoms with van der Waals surface area (Å²) in [7, 11) is 1.53. The number of rotatable bonds is 10. The van der Waals surface area contributed by atoms with Gasteiger partial charge in [0.15, 0.2) is 18.1 Å². The van der Waals surface area contributed by atoms with Crippen molar-refractivity contribution in [2.45, 2.75) is 57.9 Å². The van der Waals surface area contributed by atoms with Crippen molar-refractivity contribution in [2.75, 3.05) is 26.9 Å². The van der Waals surface area contributed by atoms with Crippen LogP contribution < -0.4 is 19.5 Å². The number of ether oxygens (including phenoxy) is 3. The Morgan fingerprint density at radius 2 is 1.69 bits per heavy atom. The first kappa shape index (κ1) is 28.6. The number of benzene rings is 2. The molecule has 4 saturated carbocycles. The Morgan fingerprint density at radius 1 is 0.976 bits per heavy atom. The molecule has 9 heteroatoms. The van der Waals surface area contributed by atoms with Crippen LogP contribution in [-0.2, 0) is 9.59 Å². The zero-order valence-corrected chi connectivity index (χ0v) is 25.3. The van der Waals surface area contributed by atoms with E-state index in [-0.39, 0.29) is 42.4 Å². The molecular formula is C33H38N2O6S. The van der Waals surface area contributed by atoms with Crippen LogP contribution >= 0.6 is 11.8 Å². The summed E-state index contributed by atoms with van der Waals surface area (Å²) in [6.45, 7) is 4.24. The molecule has 5 aliphatic rings. The summed E-state index contributed by atoms with van der Waals surface area (Å²) in [6.07, 6.45) is 8.91. The maximum atomic E-state index is 13.0. The quantitative estimate of drug-likeness (QED) is 0.345. The summed E-state index contributed by atoms with van der Waals surface area (Å²) in [6, 6.07) is 11.2. The van der Waals surface area contributed by atoms with E-state index in [1.54, 1.807) is 24.3 Å². The summed E-state index contributed by atoms with van der Waals surface area (Å²) in [4.78, 5) is 40.0. The van der Waals surface area contributed by atoms with Crippen LogP contribution in [0, 0.1) is 31.6 Å². The normalized spacial score (nSPS) is 27.1. The van der Waals surface area contributed by atoms with Gasteiger partial charge in [-0.15, -0.1) is 0 Å². The first-order chi connectivity index (χ1) is 20.2. The van der Waals surface area contributed by atoms with Gasteiger partial charge in [0, 0.05) is 5.54 Å². The molecule has 4 aliphatic carbocycles. The van der Waals surface area contributed by atoms with Gasteiger partial charge in [0.25, 0.3) is 17.1 Å². The summed E-state index contributed by atoms with van der Waals surface area (Å²) >= 11 is 0.905. The smallest absolute Gasteiger partial charge is 0.293 e. The predicted octanol–water partition coefficient (Wildman–Crippen LogP) is 5.89. The van der Waals surface area contributed by atoms with Crippen LogP contribution in [0.2, 0.25) is 0 Å². The van der Waals surface area contributed by atoms with Gasteiger partial charge < -0.3 is 19.5 Å². The molecule has 222 valence electrons. The van der Waals surface area contributed by atoms with Crippen molar-refractivity contribution in [3.63, 3.8) is 0 Å². The molecular weight excluding hydrogens is 552 g/mol. The second kappa shape index (κ2) is 11.7. The van der Waals surface area contributed by atoms with E-state index < -0.39 is 0 Å². The topological polar surface area (TPSA) is 94.2 Å². The van der Waals surface area contributed by atoms with Gasteiger partial charge in [-0.1, -0.05) is 18.2 Å². The fourth-order valence-electron chi connectivity index (χ4n) is 7.59. The number of hydrogen-bond donors (Lipinski definition) is 1. The molecule has 0 atom stereocenters. The highest BCUT2D eigenvalue weighted by atomic mass is 32.2. The van der Waals surface area contributed by atoms with Crippen molar-refractivity contribution in [3.8, 4) is 17.2 Å². The zero-order valence-electron chi connectivity index (χ0n) is 24.4. The number of nitrogens with zero attached hydrogens (tertiary/aromatic N) is 1. The van der Waals surface area contributed by atoms with Gasteiger partial charge in [-0.3, -0.25) is 19.3 Å². The number of nitrogens with one attached hydrogen (secondary N) is 1. The maximum Gasteiger partial charge on any atom is 0.293 e. The number of thioether (sulfide) groups is 1. The van der Waals surface area contributed by atoms with Gasteiger partial charge in [0.05, 0.1) is 18.6 Å². The van der Waals surface area contributed by atoms with Crippen LogP contribution in [0.1, 0.15) is 55.2 Å². The Labute approximate surface area is 251 Å². The number of aryl methyl sites for hydroxylation is 2. The molecule has 0 spiro atoms. The van der Waals surface area contributed by atoms with Crippen molar-refractivity contribution in [2.24, 2.45) is 17.8 Å². The monoisotopic (exact) mass is 590 g/mol. The Bertz CT molecular complexity index is 1400. The van der Waals surface area contributed by atoms with Gasteiger partial charge in [-0.05, 0) is 123 Å². The average molecular weight is 591 g/mol. The molecule has 7 rings (SSSR count). The predicted molar refractivity (Wildman–Crippen MR) is 162 cm³/mol. The molecule has 4 bridgehead atoms. The molecule has 1 saturated heterocycles. The number of amides is 3. The van der Waals surface area contributed by atoms with Crippen molar-refractivity contribution in [1.82, 2.24) is 10.2 Å². The molecule has 3 amide bonds. The van der Waals surface area contributed by atoms with E-state index in [2.05, 4.69) is 5.32 Å². The van der Waals surface area contributed by atoms with Crippen LogP contribution in [0.25, 0.3) is 6.08 Å². The molecule has 0 unspecified atom stereocenters. The molecule has 1 heterocycles. The van der Waals surface area contributed by atoms with Gasteiger partial charge in [-0.25, -0.2) is 0 Å². The summed E-state index contributed by atoms with van der Waals surface area (Å²) < 4.78 is 17.2. The van der Waals surface area contributed by atoms with E-state index in [0.29, 0.717) is 22.0 Å². The van der Waals surface area contributed by atoms with Gasteiger partial charge in [-0.2, -0.15) is 0 Å². The Hall–Kier alpha value is -3.46. The van der Waals surface area contributed by atoms with Gasteiger partial charge >= 0.3 is 0 Å². The fraction of sp³-hybridized carbons (Fsp3) is 0.485. The lowest BCUT2D eigenvalue weighted by molar-refractivity contribution is -0.129.